The Balaban J connectivity index is 1.56. The molecular weight excluding hydrogens is 726 g/mol. The molecule has 0 aliphatic carbocycles. The van der Waals surface area contributed by atoms with Crippen molar-refractivity contribution in [1.82, 2.24) is 10.2 Å². The maximum Gasteiger partial charge on any atom is 0.264 e. The van der Waals surface area contributed by atoms with E-state index < -0.39 is 28.5 Å². The third-order valence-corrected chi connectivity index (χ3v) is 10.8. The molecule has 2 atom stereocenters. The van der Waals surface area contributed by atoms with E-state index in [9.17, 15) is 18.0 Å². The van der Waals surface area contributed by atoms with Gasteiger partial charge in [-0.25, -0.2) is 8.42 Å². The monoisotopic (exact) mass is 767 g/mol. The number of anilines is 1. The Hall–Kier alpha value is -4.93. The summed E-state index contributed by atoms with van der Waals surface area (Å²) < 4.78 is 36.7. The Kier molecular flexibility index (Phi) is 12.7. The second-order valence-corrected chi connectivity index (χ2v) is 15.2. The molecule has 0 aromatic heterocycles. The van der Waals surface area contributed by atoms with Gasteiger partial charge in [0.2, 0.25) is 11.8 Å². The number of nitrogens with zero attached hydrogens (tertiary/aromatic N) is 2. The lowest BCUT2D eigenvalue weighted by Gasteiger charge is -2.34. The summed E-state index contributed by atoms with van der Waals surface area (Å²) in [4.78, 5) is 30.3. The minimum atomic E-state index is -4.24. The molecule has 0 fully saturated rings. The first-order chi connectivity index (χ1) is 24.5. The van der Waals surface area contributed by atoms with Crippen LogP contribution in [-0.2, 0) is 32.6 Å². The van der Waals surface area contributed by atoms with Crippen LogP contribution in [0, 0.1) is 6.92 Å². The molecule has 0 unspecified atom stereocenters. The normalized spacial score (nSPS) is 12.4. The van der Waals surface area contributed by atoms with Crippen molar-refractivity contribution in [1.29, 1.82) is 0 Å². The quantitative estimate of drug-likeness (QED) is 0.116. The smallest absolute Gasteiger partial charge is 0.264 e. The van der Waals surface area contributed by atoms with Gasteiger partial charge in [0.05, 0.1) is 10.6 Å². The number of halogens is 1. The van der Waals surface area contributed by atoms with E-state index >= 15 is 0 Å². The number of carbonyl (C=O) groups is 2. The van der Waals surface area contributed by atoms with E-state index in [1.54, 1.807) is 36.4 Å². The largest absolute Gasteiger partial charge is 0.457 e. The Labute approximate surface area is 309 Å². The lowest BCUT2D eigenvalue weighted by atomic mass is 10.0. The van der Waals surface area contributed by atoms with Gasteiger partial charge >= 0.3 is 0 Å². The number of rotatable bonds is 15. The standard InChI is InChI=1S/C41H42BrN3O5S/c1-4-31(3)43-41(47)39(27-32-11-7-5-8-12-32)44(28-33-17-19-34(42)20-18-33)40(46)29-45(51(48,49)38-25-15-30(2)16-26-38)35-21-23-37(24-22-35)50-36-13-9-6-10-14-36/h5-26,31,39H,4,27-29H2,1-3H3,(H,43,47)/t31-,39-/m1/s1. The van der Waals surface area contributed by atoms with Crippen molar-refractivity contribution in [2.24, 2.45) is 0 Å². The van der Waals surface area contributed by atoms with Crippen LogP contribution in [0.1, 0.15) is 37.0 Å². The van der Waals surface area contributed by atoms with E-state index in [1.807, 2.05) is 106 Å². The predicted octanol–water partition coefficient (Wildman–Crippen LogP) is 8.30. The number of amides is 2. The molecule has 8 nitrogen and oxygen atoms in total. The highest BCUT2D eigenvalue weighted by molar-refractivity contribution is 9.10. The van der Waals surface area contributed by atoms with Crippen molar-refractivity contribution >= 4 is 43.5 Å². The second-order valence-electron chi connectivity index (χ2n) is 12.4. The van der Waals surface area contributed by atoms with Crippen LogP contribution >= 0.6 is 15.9 Å². The first-order valence-electron chi connectivity index (χ1n) is 16.8. The van der Waals surface area contributed by atoms with Crippen molar-refractivity contribution in [2.45, 2.75) is 57.1 Å². The van der Waals surface area contributed by atoms with Gasteiger partial charge in [-0.1, -0.05) is 101 Å². The zero-order valence-corrected chi connectivity index (χ0v) is 31.3. The average Bonchev–Trinajstić information content (AvgIpc) is 3.14. The zero-order valence-electron chi connectivity index (χ0n) is 28.9. The summed E-state index contributed by atoms with van der Waals surface area (Å²) in [5.74, 6) is 0.297. The Morgan fingerprint density at radius 1 is 0.765 bits per heavy atom. The van der Waals surface area contributed by atoms with E-state index in [-0.39, 0.29) is 35.5 Å². The number of aryl methyl sites for hydroxylation is 1. The maximum absolute atomic E-state index is 14.7. The van der Waals surface area contributed by atoms with Crippen LogP contribution in [0.15, 0.2) is 143 Å². The predicted molar refractivity (Wildman–Crippen MR) is 205 cm³/mol. The zero-order chi connectivity index (χ0) is 36.4. The van der Waals surface area contributed by atoms with Gasteiger partial charge in [0.1, 0.15) is 24.1 Å². The molecule has 0 heterocycles. The summed E-state index contributed by atoms with van der Waals surface area (Å²) in [6.45, 7) is 5.30. The molecule has 0 aliphatic rings. The topological polar surface area (TPSA) is 96.0 Å². The van der Waals surface area contributed by atoms with Crippen LogP contribution in [0.2, 0.25) is 0 Å². The summed E-state index contributed by atoms with van der Waals surface area (Å²) in [5, 5.41) is 3.07. The second kappa shape index (κ2) is 17.3. The molecule has 0 spiro atoms. The summed E-state index contributed by atoms with van der Waals surface area (Å²) in [6, 6.07) is 38.3. The first-order valence-corrected chi connectivity index (χ1v) is 19.1. The Morgan fingerprint density at radius 3 is 1.96 bits per heavy atom. The van der Waals surface area contributed by atoms with E-state index in [1.165, 1.54) is 17.0 Å². The van der Waals surface area contributed by atoms with E-state index in [4.69, 9.17) is 4.74 Å². The number of benzene rings is 5. The number of ether oxygens (including phenoxy) is 1. The number of hydrogen-bond donors (Lipinski definition) is 1. The third kappa shape index (κ3) is 10.1. The minimum absolute atomic E-state index is 0.0420. The van der Waals surface area contributed by atoms with Gasteiger partial charge in [-0.15, -0.1) is 0 Å². The first kappa shape index (κ1) is 37.3. The highest BCUT2D eigenvalue weighted by atomic mass is 79.9. The number of para-hydroxylation sites is 1. The average molecular weight is 769 g/mol. The maximum atomic E-state index is 14.7. The van der Waals surface area contributed by atoms with Crippen LogP contribution in [0.5, 0.6) is 11.5 Å². The highest BCUT2D eigenvalue weighted by Gasteiger charge is 2.35. The van der Waals surface area contributed by atoms with Crippen molar-refractivity contribution in [2.75, 3.05) is 10.8 Å². The van der Waals surface area contributed by atoms with Gasteiger partial charge in [-0.3, -0.25) is 13.9 Å². The lowest BCUT2D eigenvalue weighted by Crippen LogP contribution is -2.54. The van der Waals surface area contributed by atoms with Crippen LogP contribution in [0.3, 0.4) is 0 Å². The number of hydrogen-bond acceptors (Lipinski definition) is 5. The molecule has 0 radical (unpaired) electrons. The van der Waals surface area contributed by atoms with Crippen LogP contribution in [-0.4, -0.2) is 43.8 Å². The van der Waals surface area contributed by atoms with Crippen molar-refractivity contribution in [3.63, 3.8) is 0 Å². The highest BCUT2D eigenvalue weighted by Crippen LogP contribution is 2.29. The Morgan fingerprint density at radius 2 is 1.35 bits per heavy atom. The van der Waals surface area contributed by atoms with Crippen LogP contribution in [0.25, 0.3) is 0 Å². The fraction of sp³-hybridized carbons (Fsp3) is 0.220. The van der Waals surface area contributed by atoms with E-state index in [0.29, 0.717) is 17.9 Å². The molecule has 0 bridgehead atoms. The van der Waals surface area contributed by atoms with Crippen molar-refractivity contribution in [3.8, 4) is 11.5 Å². The summed E-state index contributed by atoms with van der Waals surface area (Å²) >= 11 is 3.48. The third-order valence-electron chi connectivity index (χ3n) is 8.53. The summed E-state index contributed by atoms with van der Waals surface area (Å²) in [5.41, 5.74) is 2.83. The van der Waals surface area contributed by atoms with Crippen LogP contribution < -0.4 is 14.4 Å². The number of sulfonamides is 1. The molecule has 51 heavy (non-hydrogen) atoms. The van der Waals surface area contributed by atoms with Crippen molar-refractivity contribution < 1.29 is 22.7 Å². The summed E-state index contributed by atoms with van der Waals surface area (Å²) in [6.07, 6.45) is 0.943. The lowest BCUT2D eigenvalue weighted by molar-refractivity contribution is -0.140. The molecule has 0 saturated heterocycles. The van der Waals surface area contributed by atoms with Gasteiger partial charge in [0.15, 0.2) is 0 Å². The van der Waals surface area contributed by atoms with E-state index in [2.05, 4.69) is 21.2 Å². The molecule has 5 aromatic rings. The van der Waals surface area contributed by atoms with Gasteiger partial charge < -0.3 is 15.0 Å². The SMILES string of the molecule is CC[C@@H](C)NC(=O)[C@@H](Cc1ccccc1)N(Cc1ccc(Br)cc1)C(=O)CN(c1ccc(Oc2ccccc2)cc1)S(=O)(=O)c1ccc(C)cc1. The fourth-order valence-corrected chi connectivity index (χ4v) is 7.13. The van der Waals surface area contributed by atoms with Crippen LogP contribution in [0.4, 0.5) is 5.69 Å². The minimum Gasteiger partial charge on any atom is -0.457 e. The fourth-order valence-electron chi connectivity index (χ4n) is 5.45. The molecule has 2 amide bonds. The molecular formula is C41H42BrN3O5S. The van der Waals surface area contributed by atoms with E-state index in [0.717, 1.165) is 25.5 Å². The number of nitrogens with one attached hydrogen (secondary N) is 1. The molecule has 1 N–H and O–H groups in total. The van der Waals surface area contributed by atoms with Crippen molar-refractivity contribution in [3.05, 3.63) is 155 Å². The number of carbonyl (C=O) groups excluding carboxylic acids is 2. The van der Waals surface area contributed by atoms with Gasteiger partial charge in [0.25, 0.3) is 10.0 Å². The molecule has 5 aromatic carbocycles. The summed E-state index contributed by atoms with van der Waals surface area (Å²) in [7, 11) is -4.24. The molecule has 10 heteroatoms. The molecule has 5 rings (SSSR count). The van der Waals surface area contributed by atoms with Gasteiger partial charge in [-0.2, -0.15) is 0 Å². The molecule has 0 saturated carbocycles. The molecule has 0 aliphatic heterocycles. The molecule has 264 valence electrons. The Bertz CT molecular complexity index is 1990. The van der Waals surface area contributed by atoms with Gasteiger partial charge in [-0.05, 0) is 92.1 Å². The van der Waals surface area contributed by atoms with Gasteiger partial charge in [0, 0.05) is 23.5 Å².